The Labute approximate surface area is 156 Å². The molecule has 0 atom stereocenters. The van der Waals surface area contributed by atoms with Gasteiger partial charge in [0.1, 0.15) is 11.8 Å². The first-order valence-corrected chi connectivity index (χ1v) is 8.76. The van der Waals surface area contributed by atoms with E-state index in [9.17, 15) is 10.1 Å². The summed E-state index contributed by atoms with van der Waals surface area (Å²) in [6, 6.07) is 17.4. The van der Waals surface area contributed by atoms with E-state index >= 15 is 0 Å². The van der Waals surface area contributed by atoms with Crippen LogP contribution in [0.4, 0.5) is 0 Å². The number of amides is 1. The van der Waals surface area contributed by atoms with Crippen LogP contribution in [0.2, 0.25) is 5.02 Å². The molecule has 5 nitrogen and oxygen atoms in total. The lowest BCUT2D eigenvalue weighted by Gasteiger charge is -2.11. The third-order valence-corrected chi connectivity index (χ3v) is 5.00. The van der Waals surface area contributed by atoms with Crippen LogP contribution in [0, 0.1) is 11.3 Å². The highest BCUT2D eigenvalue weighted by Crippen LogP contribution is 2.32. The van der Waals surface area contributed by atoms with Gasteiger partial charge in [-0.05, 0) is 54.8 Å². The van der Waals surface area contributed by atoms with Crippen molar-refractivity contribution in [3.63, 3.8) is 0 Å². The second-order valence-electron chi connectivity index (χ2n) is 6.69. The number of nitrogens with two attached hydrogens (primary N) is 1. The Bertz CT molecular complexity index is 1040. The summed E-state index contributed by atoms with van der Waals surface area (Å²) in [6.07, 6.45) is 1.50. The molecular weight excluding hydrogens is 348 g/mol. The molecule has 3 N–H and O–H groups in total. The molecule has 1 saturated carbocycles. The number of nitrogens with zero attached hydrogens (tertiary/aromatic N) is 2. The number of rotatable bonds is 4. The van der Waals surface area contributed by atoms with Gasteiger partial charge in [-0.15, -0.1) is 0 Å². The fourth-order valence-corrected chi connectivity index (χ4v) is 3.21. The van der Waals surface area contributed by atoms with Crippen LogP contribution in [-0.2, 0) is 11.3 Å². The SMILES string of the molecule is N#Cc1cc2cc(Cl)ccc2n1-c1ccc(CNC(=O)C2(N)CC2)cc1. The van der Waals surface area contributed by atoms with E-state index in [4.69, 9.17) is 17.3 Å². The van der Waals surface area contributed by atoms with Gasteiger partial charge in [-0.3, -0.25) is 4.79 Å². The van der Waals surface area contributed by atoms with E-state index in [-0.39, 0.29) is 5.91 Å². The van der Waals surface area contributed by atoms with E-state index in [2.05, 4.69) is 11.4 Å². The largest absolute Gasteiger partial charge is 0.350 e. The van der Waals surface area contributed by atoms with Crippen molar-refractivity contribution in [3.8, 4) is 11.8 Å². The lowest BCUT2D eigenvalue weighted by Crippen LogP contribution is -2.42. The minimum atomic E-state index is -0.660. The summed E-state index contributed by atoms with van der Waals surface area (Å²) in [4.78, 5) is 11.9. The summed E-state index contributed by atoms with van der Waals surface area (Å²) in [5.74, 6) is -0.0957. The van der Waals surface area contributed by atoms with Crippen molar-refractivity contribution in [1.82, 2.24) is 9.88 Å². The first-order valence-electron chi connectivity index (χ1n) is 8.38. The summed E-state index contributed by atoms with van der Waals surface area (Å²) in [6.45, 7) is 0.436. The molecule has 0 spiro atoms. The van der Waals surface area contributed by atoms with Gasteiger partial charge < -0.3 is 15.6 Å². The van der Waals surface area contributed by atoms with Crippen molar-refractivity contribution >= 4 is 28.4 Å². The minimum Gasteiger partial charge on any atom is -0.350 e. The maximum Gasteiger partial charge on any atom is 0.240 e. The number of hydrogen-bond acceptors (Lipinski definition) is 3. The molecular formula is C20H17ClN4O. The van der Waals surface area contributed by atoms with Gasteiger partial charge in [-0.2, -0.15) is 5.26 Å². The van der Waals surface area contributed by atoms with Gasteiger partial charge in [0.05, 0.1) is 11.1 Å². The van der Waals surface area contributed by atoms with Crippen molar-refractivity contribution in [1.29, 1.82) is 5.26 Å². The lowest BCUT2D eigenvalue weighted by molar-refractivity contribution is -0.123. The summed E-state index contributed by atoms with van der Waals surface area (Å²) in [5.41, 5.74) is 8.55. The highest BCUT2D eigenvalue weighted by atomic mass is 35.5. The fraction of sp³-hybridized carbons (Fsp3) is 0.200. The molecule has 0 saturated heterocycles. The standard InChI is InChI=1S/C20H17ClN4O/c21-15-3-6-18-14(9-15)10-17(11-22)25(18)16-4-1-13(2-5-16)12-24-19(26)20(23)7-8-20/h1-6,9-10H,7-8,12,23H2,(H,24,26). The molecule has 0 unspecified atom stereocenters. The molecule has 130 valence electrons. The molecule has 1 fully saturated rings. The number of halogens is 1. The number of fused-ring (bicyclic) bond motifs is 1. The number of nitrogens with one attached hydrogen (secondary N) is 1. The molecule has 6 heteroatoms. The average Bonchev–Trinajstić information content (AvgIpc) is 3.29. The topological polar surface area (TPSA) is 83.8 Å². The van der Waals surface area contributed by atoms with E-state index in [1.54, 1.807) is 0 Å². The smallest absolute Gasteiger partial charge is 0.240 e. The van der Waals surface area contributed by atoms with E-state index < -0.39 is 5.54 Å². The predicted octanol–water partition coefficient (Wildman–Crippen LogP) is 3.26. The second kappa shape index (κ2) is 6.17. The maximum absolute atomic E-state index is 11.9. The lowest BCUT2D eigenvalue weighted by atomic mass is 10.2. The second-order valence-corrected chi connectivity index (χ2v) is 7.12. The Morgan fingerprint density at radius 1 is 1.23 bits per heavy atom. The highest BCUT2D eigenvalue weighted by molar-refractivity contribution is 6.31. The number of hydrogen-bond donors (Lipinski definition) is 2. The molecule has 1 aliphatic carbocycles. The quantitative estimate of drug-likeness (QED) is 0.745. The molecule has 0 bridgehead atoms. The number of benzene rings is 2. The van der Waals surface area contributed by atoms with Crippen LogP contribution in [0.5, 0.6) is 0 Å². The molecule has 0 radical (unpaired) electrons. The van der Waals surface area contributed by atoms with Crippen molar-refractivity contribution in [2.45, 2.75) is 24.9 Å². The summed E-state index contributed by atoms with van der Waals surface area (Å²) in [7, 11) is 0. The Hall–Kier alpha value is -2.81. The molecule has 1 aliphatic rings. The maximum atomic E-state index is 11.9. The van der Waals surface area contributed by atoms with Crippen molar-refractivity contribution in [2.75, 3.05) is 0 Å². The molecule has 26 heavy (non-hydrogen) atoms. The molecule has 1 aromatic heterocycles. The zero-order valence-corrected chi connectivity index (χ0v) is 14.8. The molecule has 3 aromatic rings. The van der Waals surface area contributed by atoms with Gasteiger partial charge in [-0.1, -0.05) is 23.7 Å². The molecule has 0 aliphatic heterocycles. The van der Waals surface area contributed by atoms with Gasteiger partial charge >= 0.3 is 0 Å². The Morgan fingerprint density at radius 2 is 1.96 bits per heavy atom. The van der Waals surface area contributed by atoms with Crippen molar-refractivity contribution in [2.24, 2.45) is 5.73 Å². The number of nitriles is 1. The first-order chi connectivity index (χ1) is 12.5. The normalized spacial score (nSPS) is 14.8. The van der Waals surface area contributed by atoms with Crippen LogP contribution >= 0.6 is 11.6 Å². The van der Waals surface area contributed by atoms with Crippen LogP contribution in [0.25, 0.3) is 16.6 Å². The zero-order valence-electron chi connectivity index (χ0n) is 14.0. The summed E-state index contributed by atoms with van der Waals surface area (Å²) in [5, 5.41) is 13.9. The molecule has 2 aromatic carbocycles. The average molecular weight is 365 g/mol. The minimum absolute atomic E-state index is 0.0957. The van der Waals surface area contributed by atoms with Gasteiger partial charge in [0.15, 0.2) is 0 Å². The third-order valence-electron chi connectivity index (χ3n) is 4.77. The summed E-state index contributed by atoms with van der Waals surface area (Å²) >= 11 is 6.05. The van der Waals surface area contributed by atoms with Gasteiger partial charge in [0, 0.05) is 22.6 Å². The summed E-state index contributed by atoms with van der Waals surface area (Å²) < 4.78 is 1.90. The number of carbonyl (C=O) groups excluding carboxylic acids is 1. The van der Waals surface area contributed by atoms with Gasteiger partial charge in [0.25, 0.3) is 0 Å². The molecule has 1 amide bonds. The molecule has 1 heterocycles. The Kier molecular flexibility index (Phi) is 3.95. The van der Waals surface area contributed by atoms with Crippen LogP contribution in [0.1, 0.15) is 24.1 Å². The number of carbonyl (C=O) groups is 1. The van der Waals surface area contributed by atoms with Crippen LogP contribution in [0.15, 0.2) is 48.5 Å². The van der Waals surface area contributed by atoms with Gasteiger partial charge in [-0.25, -0.2) is 0 Å². The monoisotopic (exact) mass is 364 g/mol. The van der Waals surface area contributed by atoms with E-state index in [1.165, 1.54) is 0 Å². The third kappa shape index (κ3) is 2.94. The first kappa shape index (κ1) is 16.6. The van der Waals surface area contributed by atoms with Gasteiger partial charge in [0.2, 0.25) is 5.91 Å². The fourth-order valence-electron chi connectivity index (χ4n) is 3.03. The van der Waals surface area contributed by atoms with E-state index in [0.717, 1.165) is 35.0 Å². The van der Waals surface area contributed by atoms with E-state index in [1.807, 2.05) is 53.1 Å². The van der Waals surface area contributed by atoms with Crippen LogP contribution < -0.4 is 11.1 Å². The molecule has 4 rings (SSSR count). The van der Waals surface area contributed by atoms with E-state index in [0.29, 0.717) is 17.3 Å². The Morgan fingerprint density at radius 3 is 2.62 bits per heavy atom. The van der Waals surface area contributed by atoms with Crippen LogP contribution in [0.3, 0.4) is 0 Å². The van der Waals surface area contributed by atoms with Crippen LogP contribution in [-0.4, -0.2) is 16.0 Å². The number of aromatic nitrogens is 1. The highest BCUT2D eigenvalue weighted by Gasteiger charge is 2.45. The van der Waals surface area contributed by atoms with Crippen molar-refractivity contribution in [3.05, 3.63) is 64.8 Å². The Balaban J connectivity index is 1.60. The zero-order chi connectivity index (χ0) is 18.3. The predicted molar refractivity (Wildman–Crippen MR) is 101 cm³/mol. The van der Waals surface area contributed by atoms with Crippen molar-refractivity contribution < 1.29 is 4.79 Å².